The van der Waals surface area contributed by atoms with Gasteiger partial charge in [0.15, 0.2) is 5.13 Å². The summed E-state index contributed by atoms with van der Waals surface area (Å²) >= 11 is 7.32. The van der Waals surface area contributed by atoms with Gasteiger partial charge in [0.1, 0.15) is 11.8 Å². The van der Waals surface area contributed by atoms with Gasteiger partial charge in [0.2, 0.25) is 15.9 Å². The van der Waals surface area contributed by atoms with Crippen LogP contribution in [0.5, 0.6) is 0 Å². The molecule has 2 aromatic heterocycles. The van der Waals surface area contributed by atoms with Gasteiger partial charge < -0.3 is 4.42 Å². The monoisotopic (exact) mass is 501 g/mol. The highest BCUT2D eigenvalue weighted by atomic mass is 35.5. The number of nitrogens with zero attached hydrogens (tertiary/aromatic N) is 3. The number of benzene rings is 2. The summed E-state index contributed by atoms with van der Waals surface area (Å²) in [6.45, 7) is 0.437. The molecule has 0 spiro atoms. The molecule has 0 bridgehead atoms. The number of fused-ring (bicyclic) bond motifs is 1. The number of carbonyl (C=O) groups excluding carboxylic acids is 1. The molecule has 170 valence electrons. The molecule has 1 amide bonds. The zero-order valence-corrected chi connectivity index (χ0v) is 19.8. The second kappa shape index (κ2) is 8.90. The second-order valence-corrected chi connectivity index (χ2v) is 11.0. The molecule has 1 fully saturated rings. The molecule has 1 aliphatic heterocycles. The van der Waals surface area contributed by atoms with E-state index >= 15 is 0 Å². The molecule has 7 nitrogen and oxygen atoms in total. The smallest absolute Gasteiger partial charge is 0.247 e. The maximum atomic E-state index is 13.8. The number of sulfonamides is 1. The quantitative estimate of drug-likeness (QED) is 0.374. The van der Waals surface area contributed by atoms with Crippen molar-refractivity contribution in [2.24, 2.45) is 0 Å². The highest BCUT2D eigenvalue weighted by molar-refractivity contribution is 7.89. The maximum Gasteiger partial charge on any atom is 0.247 e. The lowest BCUT2D eigenvalue weighted by Gasteiger charge is -2.28. The third-order valence-corrected chi connectivity index (χ3v) is 8.82. The van der Waals surface area contributed by atoms with E-state index in [4.69, 9.17) is 16.0 Å². The zero-order chi connectivity index (χ0) is 23.0. The highest BCUT2D eigenvalue weighted by Crippen LogP contribution is 2.33. The van der Waals surface area contributed by atoms with Gasteiger partial charge in [-0.2, -0.15) is 4.31 Å². The molecule has 0 saturated carbocycles. The van der Waals surface area contributed by atoms with Crippen LogP contribution in [-0.2, 0) is 21.4 Å². The summed E-state index contributed by atoms with van der Waals surface area (Å²) in [7, 11) is -3.87. The van der Waals surface area contributed by atoms with Gasteiger partial charge in [0, 0.05) is 11.6 Å². The van der Waals surface area contributed by atoms with Crippen molar-refractivity contribution >= 4 is 54.2 Å². The van der Waals surface area contributed by atoms with Crippen molar-refractivity contribution in [1.82, 2.24) is 9.29 Å². The molecule has 2 aromatic carbocycles. The number of thiazole rings is 1. The first-order valence-electron chi connectivity index (χ1n) is 10.4. The van der Waals surface area contributed by atoms with Crippen molar-refractivity contribution in [3.05, 3.63) is 77.7 Å². The van der Waals surface area contributed by atoms with Crippen LogP contribution < -0.4 is 4.90 Å². The number of amides is 1. The van der Waals surface area contributed by atoms with Crippen molar-refractivity contribution in [2.45, 2.75) is 30.3 Å². The number of hydrogen-bond acceptors (Lipinski definition) is 6. The van der Waals surface area contributed by atoms with Crippen molar-refractivity contribution < 1.29 is 17.6 Å². The Labute approximate surface area is 200 Å². The molecule has 10 heteroatoms. The molecule has 1 aliphatic rings. The molecule has 0 N–H and O–H groups in total. The average Bonchev–Trinajstić information content (AvgIpc) is 3.57. The van der Waals surface area contributed by atoms with E-state index in [1.807, 2.05) is 24.3 Å². The predicted octanol–water partition coefficient (Wildman–Crippen LogP) is 4.93. The summed E-state index contributed by atoms with van der Waals surface area (Å²) in [5.41, 5.74) is 0.784. The number of aromatic nitrogens is 1. The molecule has 3 heterocycles. The summed E-state index contributed by atoms with van der Waals surface area (Å²) in [6.07, 6.45) is 2.58. The predicted molar refractivity (Wildman–Crippen MR) is 128 cm³/mol. The molecular formula is C23H20ClN3O4S2. The lowest BCUT2D eigenvalue weighted by atomic mass is 10.2. The summed E-state index contributed by atoms with van der Waals surface area (Å²) in [5.74, 6) is 0.271. The fourth-order valence-corrected chi connectivity index (χ4v) is 6.72. The maximum absolute atomic E-state index is 13.8. The summed E-state index contributed by atoms with van der Waals surface area (Å²) in [6, 6.07) is 16.3. The first-order chi connectivity index (χ1) is 15.9. The number of para-hydroxylation sites is 1. The molecule has 0 aliphatic carbocycles. The minimum Gasteiger partial charge on any atom is -0.467 e. The van der Waals surface area contributed by atoms with Gasteiger partial charge in [0.25, 0.3) is 0 Å². The van der Waals surface area contributed by atoms with Crippen LogP contribution in [0.4, 0.5) is 5.13 Å². The molecule has 1 atom stereocenters. The van der Waals surface area contributed by atoms with Gasteiger partial charge in [-0.1, -0.05) is 35.1 Å². The average molecular weight is 502 g/mol. The van der Waals surface area contributed by atoms with Gasteiger partial charge in [-0.3, -0.25) is 9.69 Å². The van der Waals surface area contributed by atoms with Gasteiger partial charge in [-0.05, 0) is 61.4 Å². The van der Waals surface area contributed by atoms with Crippen LogP contribution >= 0.6 is 22.9 Å². The fourth-order valence-electron chi connectivity index (χ4n) is 3.97. The lowest BCUT2D eigenvalue weighted by molar-refractivity contribution is -0.121. The third kappa shape index (κ3) is 4.29. The Balaban J connectivity index is 1.50. The summed E-state index contributed by atoms with van der Waals surface area (Å²) < 4.78 is 34.4. The SMILES string of the molecule is O=C(C1CCCN1S(=O)(=O)c1ccc(Cl)cc1)N(Cc1ccco1)c1nc2ccccc2s1. The molecule has 1 saturated heterocycles. The summed E-state index contributed by atoms with van der Waals surface area (Å²) in [4.78, 5) is 20.1. The highest BCUT2D eigenvalue weighted by Gasteiger charge is 2.42. The zero-order valence-electron chi connectivity index (χ0n) is 17.4. The van der Waals surface area contributed by atoms with Crippen molar-refractivity contribution in [2.75, 3.05) is 11.4 Å². The number of hydrogen-bond donors (Lipinski definition) is 0. The van der Waals surface area contributed by atoms with Gasteiger partial charge >= 0.3 is 0 Å². The topological polar surface area (TPSA) is 83.7 Å². The Bertz CT molecular complexity index is 1350. The van der Waals surface area contributed by atoms with Crippen LogP contribution in [-0.4, -0.2) is 36.2 Å². The van der Waals surface area contributed by atoms with E-state index in [2.05, 4.69) is 4.98 Å². The van der Waals surface area contributed by atoms with Crippen molar-refractivity contribution in [3.63, 3.8) is 0 Å². The van der Waals surface area contributed by atoms with Gasteiger partial charge in [-0.25, -0.2) is 13.4 Å². The fraction of sp³-hybridized carbons (Fsp3) is 0.217. The van der Waals surface area contributed by atoms with E-state index in [0.717, 1.165) is 10.2 Å². The standard InChI is InChI=1S/C23H20ClN3O4S2/c24-16-9-11-18(12-10-16)33(29,30)27-13-3-7-20(27)22(28)26(15-17-5-4-14-31-17)23-25-19-6-1-2-8-21(19)32-23/h1-2,4-6,8-12,14,20H,3,7,13,15H2. The van der Waals surface area contributed by atoms with Crippen LogP contribution in [0, 0.1) is 0 Å². The van der Waals surface area contributed by atoms with E-state index in [9.17, 15) is 13.2 Å². The van der Waals surface area contributed by atoms with Crippen molar-refractivity contribution in [3.8, 4) is 0 Å². The van der Waals surface area contributed by atoms with E-state index in [1.54, 1.807) is 18.4 Å². The van der Waals surface area contributed by atoms with Crippen LogP contribution in [0.15, 0.2) is 76.2 Å². The van der Waals surface area contributed by atoms with Crippen LogP contribution in [0.1, 0.15) is 18.6 Å². The molecular weight excluding hydrogens is 482 g/mol. The Morgan fingerprint density at radius 1 is 1.15 bits per heavy atom. The lowest BCUT2D eigenvalue weighted by Crippen LogP contribution is -2.47. The molecule has 5 rings (SSSR count). The van der Waals surface area contributed by atoms with E-state index in [0.29, 0.717) is 28.8 Å². The minimum absolute atomic E-state index is 0.115. The molecule has 0 radical (unpaired) electrons. The Kier molecular flexibility index (Phi) is 5.96. The normalized spacial score (nSPS) is 16.9. The van der Waals surface area contributed by atoms with Gasteiger partial charge in [0.05, 0.1) is 27.9 Å². The first-order valence-corrected chi connectivity index (χ1v) is 13.0. The van der Waals surface area contributed by atoms with Crippen LogP contribution in [0.25, 0.3) is 10.2 Å². The second-order valence-electron chi connectivity index (χ2n) is 7.70. The largest absolute Gasteiger partial charge is 0.467 e. The van der Waals surface area contributed by atoms with E-state index in [-0.39, 0.29) is 23.9 Å². The van der Waals surface area contributed by atoms with Crippen LogP contribution in [0.3, 0.4) is 0 Å². The Morgan fingerprint density at radius 3 is 2.67 bits per heavy atom. The number of rotatable bonds is 6. The number of anilines is 1. The van der Waals surface area contributed by atoms with E-state index in [1.165, 1.54) is 44.8 Å². The Hall–Kier alpha value is -2.72. The number of furan rings is 1. The van der Waals surface area contributed by atoms with Crippen molar-refractivity contribution in [1.29, 1.82) is 0 Å². The molecule has 1 unspecified atom stereocenters. The Morgan fingerprint density at radius 2 is 1.94 bits per heavy atom. The third-order valence-electron chi connectivity index (χ3n) is 5.58. The van der Waals surface area contributed by atoms with Crippen LogP contribution in [0.2, 0.25) is 5.02 Å². The number of carbonyl (C=O) groups is 1. The number of halogens is 1. The minimum atomic E-state index is -3.87. The summed E-state index contributed by atoms with van der Waals surface area (Å²) in [5, 5.41) is 0.955. The van der Waals surface area contributed by atoms with E-state index < -0.39 is 16.1 Å². The van der Waals surface area contributed by atoms with Gasteiger partial charge in [-0.15, -0.1) is 0 Å². The molecule has 33 heavy (non-hydrogen) atoms. The first kappa shape index (κ1) is 22.1. The molecule has 4 aromatic rings.